The van der Waals surface area contributed by atoms with E-state index in [1.54, 1.807) is 0 Å². The Morgan fingerprint density at radius 1 is 1.40 bits per heavy atom. The number of hydrogen-bond donors (Lipinski definition) is 4. The largest absolute Gasteiger partial charge is 0.478 e. The number of nitrogens with zero attached hydrogens (tertiary/aromatic N) is 1. The van der Waals surface area contributed by atoms with Gasteiger partial charge >= 0.3 is 5.97 Å². The van der Waals surface area contributed by atoms with E-state index in [2.05, 4.69) is 5.32 Å². The first-order valence-electron chi connectivity index (χ1n) is 6.00. The fourth-order valence-corrected chi connectivity index (χ4v) is 1.77. The zero-order valence-electron chi connectivity index (χ0n) is 10.7. The van der Waals surface area contributed by atoms with Gasteiger partial charge in [-0.05, 0) is 18.9 Å². The third-order valence-electron chi connectivity index (χ3n) is 2.75. The molecular formula is C12H16N2O6. The number of anilines is 1. The van der Waals surface area contributed by atoms with E-state index >= 15 is 0 Å². The minimum Gasteiger partial charge on any atom is -0.478 e. The van der Waals surface area contributed by atoms with Gasteiger partial charge in [-0.1, -0.05) is 6.07 Å². The van der Waals surface area contributed by atoms with Crippen molar-refractivity contribution in [2.75, 3.05) is 18.5 Å². The highest BCUT2D eigenvalue weighted by atomic mass is 16.6. The summed E-state index contributed by atoms with van der Waals surface area (Å²) in [5.41, 5.74) is -0.740. The van der Waals surface area contributed by atoms with E-state index in [1.807, 2.05) is 0 Å². The van der Waals surface area contributed by atoms with Crippen LogP contribution in [0, 0.1) is 10.1 Å². The zero-order valence-corrected chi connectivity index (χ0v) is 10.7. The molecule has 0 radical (unpaired) electrons. The van der Waals surface area contributed by atoms with Crippen LogP contribution in [0.4, 0.5) is 11.4 Å². The molecule has 0 heterocycles. The summed E-state index contributed by atoms with van der Waals surface area (Å²) < 4.78 is 0. The van der Waals surface area contributed by atoms with Crippen molar-refractivity contribution in [3.05, 3.63) is 33.9 Å². The minimum absolute atomic E-state index is 0.0825. The quantitative estimate of drug-likeness (QED) is 0.410. The Morgan fingerprint density at radius 3 is 2.60 bits per heavy atom. The van der Waals surface area contributed by atoms with Crippen LogP contribution in [0.1, 0.15) is 23.2 Å². The average Bonchev–Trinajstić information content (AvgIpc) is 2.42. The predicted octanol–water partition coefficient (Wildman–Crippen LogP) is 0.838. The van der Waals surface area contributed by atoms with E-state index in [0.717, 1.165) is 0 Å². The molecule has 1 rings (SSSR count). The van der Waals surface area contributed by atoms with Crippen LogP contribution < -0.4 is 5.32 Å². The topological polar surface area (TPSA) is 133 Å². The molecule has 1 atom stereocenters. The molecule has 0 aromatic heterocycles. The lowest BCUT2D eigenvalue weighted by Gasteiger charge is -2.18. The molecule has 0 aliphatic rings. The number of carbonyl (C=O) groups is 1. The van der Waals surface area contributed by atoms with Crippen LogP contribution in [0.3, 0.4) is 0 Å². The maximum atomic E-state index is 11.1. The summed E-state index contributed by atoms with van der Waals surface area (Å²) in [6, 6.07) is 3.16. The highest BCUT2D eigenvalue weighted by Gasteiger charge is 2.23. The molecule has 0 saturated carbocycles. The molecule has 1 aromatic carbocycles. The second-order valence-corrected chi connectivity index (χ2v) is 4.15. The number of carboxylic acids is 1. The fourth-order valence-electron chi connectivity index (χ4n) is 1.77. The monoisotopic (exact) mass is 284 g/mol. The number of rotatable bonds is 8. The van der Waals surface area contributed by atoms with Gasteiger partial charge in [-0.3, -0.25) is 10.1 Å². The Morgan fingerprint density at radius 2 is 2.10 bits per heavy atom. The molecule has 0 amide bonds. The number of aromatic carboxylic acids is 1. The van der Waals surface area contributed by atoms with Crippen LogP contribution in [0.25, 0.3) is 0 Å². The molecule has 0 aliphatic heterocycles. The summed E-state index contributed by atoms with van der Waals surface area (Å²) in [5.74, 6) is -1.30. The average molecular weight is 284 g/mol. The number of nitrogens with one attached hydrogen (secondary N) is 1. The Labute approximate surface area is 114 Å². The van der Waals surface area contributed by atoms with E-state index < -0.39 is 16.9 Å². The van der Waals surface area contributed by atoms with Gasteiger partial charge in [-0.25, -0.2) is 4.79 Å². The first-order chi connectivity index (χ1) is 9.51. The predicted molar refractivity (Wildman–Crippen MR) is 70.9 cm³/mol. The molecule has 4 N–H and O–H groups in total. The van der Waals surface area contributed by atoms with Crippen molar-refractivity contribution in [3.63, 3.8) is 0 Å². The zero-order chi connectivity index (χ0) is 15.1. The highest BCUT2D eigenvalue weighted by molar-refractivity contribution is 5.96. The van der Waals surface area contributed by atoms with E-state index in [0.29, 0.717) is 12.8 Å². The lowest BCUT2D eigenvalue weighted by molar-refractivity contribution is -0.384. The SMILES string of the molecule is O=C(O)c1cccc([N+](=O)[O-])c1NC(CO)CCCO. The van der Waals surface area contributed by atoms with E-state index in [1.165, 1.54) is 18.2 Å². The molecule has 0 fully saturated rings. The second kappa shape index (κ2) is 7.41. The van der Waals surface area contributed by atoms with Crippen LogP contribution in [0.2, 0.25) is 0 Å². The fraction of sp³-hybridized carbons (Fsp3) is 0.417. The second-order valence-electron chi connectivity index (χ2n) is 4.15. The normalized spacial score (nSPS) is 11.9. The van der Waals surface area contributed by atoms with Gasteiger partial charge in [0.2, 0.25) is 0 Å². The number of para-hydroxylation sites is 1. The molecule has 0 spiro atoms. The van der Waals surface area contributed by atoms with E-state index in [9.17, 15) is 20.0 Å². The summed E-state index contributed by atoms with van der Waals surface area (Å²) in [5, 5.41) is 40.7. The highest BCUT2D eigenvalue weighted by Crippen LogP contribution is 2.29. The van der Waals surface area contributed by atoms with Gasteiger partial charge in [-0.2, -0.15) is 0 Å². The number of aliphatic hydroxyl groups excluding tert-OH is 2. The maximum Gasteiger partial charge on any atom is 0.338 e. The third-order valence-corrected chi connectivity index (χ3v) is 2.75. The van der Waals surface area contributed by atoms with Gasteiger partial charge < -0.3 is 20.6 Å². The van der Waals surface area contributed by atoms with Gasteiger partial charge in [0.15, 0.2) is 0 Å². The summed E-state index contributed by atoms with van der Waals surface area (Å²) in [7, 11) is 0. The molecule has 0 aliphatic carbocycles. The molecule has 1 unspecified atom stereocenters. The van der Waals surface area contributed by atoms with Crippen LogP contribution in [0.5, 0.6) is 0 Å². The van der Waals surface area contributed by atoms with Crippen molar-refractivity contribution in [3.8, 4) is 0 Å². The molecular weight excluding hydrogens is 268 g/mol. The van der Waals surface area contributed by atoms with Crippen LogP contribution in [0.15, 0.2) is 18.2 Å². The Hall–Kier alpha value is -2.19. The van der Waals surface area contributed by atoms with Crippen molar-refractivity contribution >= 4 is 17.3 Å². The third kappa shape index (κ3) is 3.90. The van der Waals surface area contributed by atoms with Crippen LogP contribution in [-0.4, -0.2) is 45.5 Å². The van der Waals surface area contributed by atoms with E-state index in [-0.39, 0.29) is 30.2 Å². The lowest BCUT2D eigenvalue weighted by Crippen LogP contribution is -2.25. The van der Waals surface area contributed by atoms with Crippen LogP contribution >= 0.6 is 0 Å². The van der Waals surface area contributed by atoms with E-state index in [4.69, 9.17) is 10.2 Å². The van der Waals surface area contributed by atoms with Gasteiger partial charge in [0.1, 0.15) is 5.69 Å². The van der Waals surface area contributed by atoms with Crippen molar-refractivity contribution in [2.45, 2.75) is 18.9 Å². The number of benzene rings is 1. The first-order valence-corrected chi connectivity index (χ1v) is 6.00. The first kappa shape index (κ1) is 15.9. The van der Waals surface area contributed by atoms with Gasteiger partial charge in [0.05, 0.1) is 17.1 Å². The molecule has 0 bridgehead atoms. The molecule has 0 saturated heterocycles. The van der Waals surface area contributed by atoms with Crippen LogP contribution in [-0.2, 0) is 0 Å². The van der Waals surface area contributed by atoms with Gasteiger partial charge in [0.25, 0.3) is 5.69 Å². The minimum atomic E-state index is -1.30. The number of hydrogen-bond acceptors (Lipinski definition) is 6. The van der Waals surface area contributed by atoms with Crippen molar-refractivity contribution in [2.24, 2.45) is 0 Å². The molecule has 20 heavy (non-hydrogen) atoms. The standard InChI is InChI=1S/C12H16N2O6/c15-6-2-3-8(7-16)13-11-9(12(17)18)4-1-5-10(11)14(19)20/h1,4-5,8,13,15-16H,2-3,6-7H2,(H,17,18). The molecule has 8 nitrogen and oxygen atoms in total. The molecule has 1 aromatic rings. The maximum absolute atomic E-state index is 11.1. The van der Waals surface area contributed by atoms with Crippen molar-refractivity contribution < 1.29 is 25.0 Å². The molecule has 110 valence electrons. The number of nitro groups is 1. The summed E-state index contributed by atoms with van der Waals surface area (Å²) in [6.45, 7) is -0.411. The summed E-state index contributed by atoms with van der Waals surface area (Å²) >= 11 is 0. The Kier molecular flexibility index (Phi) is 5.88. The summed E-state index contributed by atoms with van der Waals surface area (Å²) in [6.07, 6.45) is 0.749. The number of aliphatic hydroxyl groups is 2. The lowest BCUT2D eigenvalue weighted by atomic mass is 10.1. The summed E-state index contributed by atoms with van der Waals surface area (Å²) in [4.78, 5) is 21.4. The van der Waals surface area contributed by atoms with Crippen molar-refractivity contribution in [1.29, 1.82) is 0 Å². The Bertz CT molecular complexity index is 459. The smallest absolute Gasteiger partial charge is 0.338 e. The molecule has 8 heteroatoms. The van der Waals surface area contributed by atoms with Gasteiger partial charge in [-0.15, -0.1) is 0 Å². The van der Waals surface area contributed by atoms with Crippen molar-refractivity contribution in [1.82, 2.24) is 0 Å². The Balaban J connectivity index is 3.12. The van der Waals surface area contributed by atoms with Gasteiger partial charge in [0, 0.05) is 18.7 Å². The number of carboxylic acid groups (broad SMARTS) is 1. The number of nitro benzene ring substituents is 1.